The zero-order chi connectivity index (χ0) is 14.1. The van der Waals surface area contributed by atoms with Crippen LogP contribution in [0.5, 0.6) is 0 Å². The molecule has 100 valence electrons. The number of carbonyl (C=O) groups is 1. The van der Waals surface area contributed by atoms with E-state index in [1.165, 1.54) is 32.0 Å². The van der Waals surface area contributed by atoms with Gasteiger partial charge in [-0.05, 0) is 26.0 Å². The van der Waals surface area contributed by atoms with Gasteiger partial charge in [0.15, 0.2) is 0 Å². The van der Waals surface area contributed by atoms with Crippen molar-refractivity contribution in [2.24, 2.45) is 0 Å². The van der Waals surface area contributed by atoms with Crippen LogP contribution in [-0.4, -0.2) is 25.0 Å². The molecule has 1 aromatic carbocycles. The first-order chi connectivity index (χ1) is 8.08. The molecular weight excluding hydrogens is 301 g/mol. The fourth-order valence-corrected chi connectivity index (χ4v) is 3.69. The Balaban J connectivity index is 3.28. The maximum absolute atomic E-state index is 12.1. The van der Waals surface area contributed by atoms with Crippen molar-refractivity contribution in [3.05, 3.63) is 28.2 Å². The summed E-state index contributed by atoms with van der Waals surface area (Å²) in [5.74, 6) is -1.31. The molecule has 1 aromatic rings. The molecule has 0 bridgehead atoms. The van der Waals surface area contributed by atoms with Crippen molar-refractivity contribution in [3.63, 3.8) is 0 Å². The van der Waals surface area contributed by atoms with Gasteiger partial charge in [0.05, 0.1) is 10.0 Å². The van der Waals surface area contributed by atoms with Crippen LogP contribution in [-0.2, 0) is 14.8 Å². The molecule has 0 aliphatic rings. The predicted octanol–water partition coefficient (Wildman–Crippen LogP) is 2.13. The lowest BCUT2D eigenvalue weighted by atomic mass is 10.1. The average Bonchev–Trinajstić information content (AvgIpc) is 2.14. The minimum absolute atomic E-state index is 0.0730. The normalized spacial score (nSPS) is 12.4. The second-order valence-corrected chi connectivity index (χ2v) is 6.52. The Morgan fingerprint density at radius 1 is 1.28 bits per heavy atom. The zero-order valence-corrected chi connectivity index (χ0v) is 11.9. The molecule has 2 N–H and O–H groups in total. The van der Waals surface area contributed by atoms with Crippen LogP contribution < -0.4 is 4.72 Å². The summed E-state index contributed by atoms with van der Waals surface area (Å²) in [4.78, 5) is 10.6. The second kappa shape index (κ2) is 5.05. The summed E-state index contributed by atoms with van der Waals surface area (Å²) in [6.07, 6.45) is 0. The number of hydrogen-bond donors (Lipinski definition) is 2. The Hall–Kier alpha value is -0.820. The van der Waals surface area contributed by atoms with Crippen LogP contribution in [0.2, 0.25) is 10.0 Å². The summed E-state index contributed by atoms with van der Waals surface area (Å²) in [6, 6.07) is 4.21. The van der Waals surface area contributed by atoms with E-state index in [1.807, 2.05) is 4.72 Å². The summed E-state index contributed by atoms with van der Waals surface area (Å²) in [7, 11) is -4.12. The van der Waals surface area contributed by atoms with Crippen LogP contribution in [0.15, 0.2) is 23.1 Å². The lowest BCUT2D eigenvalue weighted by Gasteiger charge is -2.21. The van der Waals surface area contributed by atoms with Gasteiger partial charge in [0, 0.05) is 0 Å². The van der Waals surface area contributed by atoms with Crippen molar-refractivity contribution < 1.29 is 18.3 Å². The smallest absolute Gasteiger partial charge is 0.324 e. The van der Waals surface area contributed by atoms with E-state index in [9.17, 15) is 13.2 Å². The van der Waals surface area contributed by atoms with E-state index in [2.05, 4.69) is 0 Å². The lowest BCUT2D eigenvalue weighted by molar-refractivity contribution is -0.142. The summed E-state index contributed by atoms with van der Waals surface area (Å²) < 4.78 is 26.1. The molecule has 0 saturated carbocycles. The lowest BCUT2D eigenvalue weighted by Crippen LogP contribution is -2.49. The number of aliphatic carboxylic acids is 1. The van der Waals surface area contributed by atoms with Crippen molar-refractivity contribution >= 4 is 39.2 Å². The van der Waals surface area contributed by atoms with Crippen LogP contribution in [0.1, 0.15) is 13.8 Å². The van der Waals surface area contributed by atoms with Crippen LogP contribution in [0, 0.1) is 0 Å². The van der Waals surface area contributed by atoms with Gasteiger partial charge < -0.3 is 5.11 Å². The number of sulfonamides is 1. The Morgan fingerprint density at radius 2 is 1.72 bits per heavy atom. The van der Waals surface area contributed by atoms with Gasteiger partial charge in [0.1, 0.15) is 10.4 Å². The molecule has 1 rings (SSSR count). The topological polar surface area (TPSA) is 83.5 Å². The molecule has 0 fully saturated rings. The van der Waals surface area contributed by atoms with Gasteiger partial charge in [-0.3, -0.25) is 4.79 Å². The fourth-order valence-electron chi connectivity index (χ4n) is 1.17. The quantitative estimate of drug-likeness (QED) is 0.892. The van der Waals surface area contributed by atoms with Gasteiger partial charge in [-0.2, -0.15) is 4.72 Å². The molecule has 0 aliphatic carbocycles. The van der Waals surface area contributed by atoms with Crippen LogP contribution >= 0.6 is 23.2 Å². The monoisotopic (exact) mass is 311 g/mol. The van der Waals surface area contributed by atoms with Crippen LogP contribution in [0.25, 0.3) is 0 Å². The number of benzene rings is 1. The summed E-state index contributed by atoms with van der Waals surface area (Å²) in [5, 5.41) is 8.75. The highest BCUT2D eigenvalue weighted by Crippen LogP contribution is 2.29. The Labute approximate surface area is 115 Å². The third-order valence-corrected chi connectivity index (χ3v) is 4.72. The SMILES string of the molecule is CC(C)(NS(=O)(=O)c1c(Cl)cccc1Cl)C(=O)O. The number of nitrogens with one attached hydrogen (secondary N) is 1. The molecule has 0 atom stereocenters. The van der Waals surface area contributed by atoms with Crippen molar-refractivity contribution in [1.82, 2.24) is 4.72 Å². The Morgan fingerprint density at radius 3 is 2.11 bits per heavy atom. The standard InChI is InChI=1S/C10H11Cl2NO4S/c1-10(2,9(14)15)13-18(16,17)8-6(11)4-3-5-7(8)12/h3-5,13H,1-2H3,(H,14,15). The fraction of sp³-hybridized carbons (Fsp3) is 0.300. The highest BCUT2D eigenvalue weighted by Gasteiger charge is 2.34. The predicted molar refractivity (Wildman–Crippen MR) is 68.5 cm³/mol. The summed E-state index contributed by atoms with van der Waals surface area (Å²) >= 11 is 11.5. The molecule has 0 heterocycles. The first-order valence-electron chi connectivity index (χ1n) is 4.79. The van der Waals surface area contributed by atoms with E-state index in [-0.39, 0.29) is 14.9 Å². The molecular formula is C10H11Cl2NO4S. The average molecular weight is 312 g/mol. The van der Waals surface area contributed by atoms with E-state index in [0.29, 0.717) is 0 Å². The van der Waals surface area contributed by atoms with Crippen molar-refractivity contribution in [2.45, 2.75) is 24.3 Å². The molecule has 0 unspecified atom stereocenters. The van der Waals surface area contributed by atoms with Gasteiger partial charge in [0.25, 0.3) is 0 Å². The molecule has 0 spiro atoms. The molecule has 0 aliphatic heterocycles. The molecule has 5 nitrogen and oxygen atoms in total. The number of rotatable bonds is 4. The van der Waals surface area contributed by atoms with Crippen LogP contribution in [0.4, 0.5) is 0 Å². The number of carboxylic acids is 1. The summed E-state index contributed by atoms with van der Waals surface area (Å²) in [6.45, 7) is 2.44. The van der Waals surface area contributed by atoms with Gasteiger partial charge in [-0.1, -0.05) is 29.3 Å². The summed E-state index contributed by atoms with van der Waals surface area (Å²) in [5.41, 5.74) is -1.67. The number of hydrogen-bond acceptors (Lipinski definition) is 3. The Bertz CT molecular complexity index is 563. The number of halogens is 2. The first kappa shape index (κ1) is 15.2. The molecule has 0 amide bonds. The minimum Gasteiger partial charge on any atom is -0.480 e. The van der Waals surface area contributed by atoms with Crippen molar-refractivity contribution in [2.75, 3.05) is 0 Å². The highest BCUT2D eigenvalue weighted by molar-refractivity contribution is 7.89. The third kappa shape index (κ3) is 3.14. The largest absolute Gasteiger partial charge is 0.480 e. The Kier molecular flexibility index (Phi) is 4.27. The number of carboxylic acid groups (broad SMARTS) is 1. The van der Waals surface area contributed by atoms with E-state index in [1.54, 1.807) is 0 Å². The first-order valence-corrected chi connectivity index (χ1v) is 7.03. The maximum Gasteiger partial charge on any atom is 0.324 e. The zero-order valence-electron chi connectivity index (χ0n) is 9.57. The van der Waals surface area contributed by atoms with Crippen molar-refractivity contribution in [3.8, 4) is 0 Å². The van der Waals surface area contributed by atoms with Gasteiger partial charge >= 0.3 is 5.97 Å². The van der Waals surface area contributed by atoms with Crippen LogP contribution in [0.3, 0.4) is 0 Å². The molecule has 0 aromatic heterocycles. The maximum atomic E-state index is 12.1. The van der Waals surface area contributed by atoms with E-state index < -0.39 is 21.5 Å². The highest BCUT2D eigenvalue weighted by atomic mass is 35.5. The van der Waals surface area contributed by atoms with E-state index in [4.69, 9.17) is 28.3 Å². The minimum atomic E-state index is -4.12. The van der Waals surface area contributed by atoms with E-state index >= 15 is 0 Å². The molecule has 0 saturated heterocycles. The van der Waals surface area contributed by atoms with Crippen molar-refractivity contribution in [1.29, 1.82) is 0 Å². The van der Waals surface area contributed by atoms with E-state index in [0.717, 1.165) is 0 Å². The van der Waals surface area contributed by atoms with Gasteiger partial charge in [-0.25, -0.2) is 8.42 Å². The van der Waals surface area contributed by atoms with Gasteiger partial charge in [-0.15, -0.1) is 0 Å². The van der Waals surface area contributed by atoms with Gasteiger partial charge in [0.2, 0.25) is 10.0 Å². The second-order valence-electron chi connectivity index (χ2n) is 4.09. The molecule has 8 heteroatoms. The third-order valence-electron chi connectivity index (χ3n) is 2.11. The molecule has 0 radical (unpaired) electrons. The molecule has 18 heavy (non-hydrogen) atoms.